The van der Waals surface area contributed by atoms with E-state index in [1.54, 1.807) is 9.80 Å². The fourth-order valence-corrected chi connectivity index (χ4v) is 3.49. The number of aromatic amines is 1. The number of amides is 2. The Labute approximate surface area is 166 Å². The van der Waals surface area contributed by atoms with Crippen LogP contribution in [0.4, 0.5) is 5.69 Å². The monoisotopic (exact) mass is 377 g/mol. The van der Waals surface area contributed by atoms with Gasteiger partial charge in [-0.25, -0.2) is 0 Å². The number of hydrogen-bond acceptors (Lipinski definition) is 2. The molecule has 3 aromatic rings. The van der Waals surface area contributed by atoms with Crippen molar-refractivity contribution in [2.75, 3.05) is 24.5 Å². The zero-order valence-corrected chi connectivity index (χ0v) is 16.7. The van der Waals surface area contributed by atoms with Crippen molar-refractivity contribution in [3.05, 3.63) is 65.9 Å². The molecule has 5 heteroatoms. The lowest BCUT2D eigenvalue weighted by atomic mass is 10.1. The highest BCUT2D eigenvalue weighted by atomic mass is 16.2. The third kappa shape index (κ3) is 4.42. The lowest BCUT2D eigenvalue weighted by Gasteiger charge is -2.26. The SMILES string of the molecule is CCN(C(=O)CN(CCc1c[nH]c2ccccc12)C(C)=O)c1cccc(C)c1. The number of carbonyl (C=O) groups is 2. The predicted molar refractivity (Wildman–Crippen MR) is 113 cm³/mol. The summed E-state index contributed by atoms with van der Waals surface area (Å²) in [5, 5.41) is 1.16. The minimum absolute atomic E-state index is 0.0674. The summed E-state index contributed by atoms with van der Waals surface area (Å²) in [6.45, 7) is 6.63. The van der Waals surface area contributed by atoms with E-state index in [-0.39, 0.29) is 18.4 Å². The van der Waals surface area contributed by atoms with Crippen LogP contribution >= 0.6 is 0 Å². The van der Waals surface area contributed by atoms with Gasteiger partial charge >= 0.3 is 0 Å². The largest absolute Gasteiger partial charge is 0.361 e. The molecule has 2 aromatic carbocycles. The molecule has 0 spiro atoms. The Morgan fingerprint density at radius 2 is 1.86 bits per heavy atom. The number of carbonyl (C=O) groups excluding carboxylic acids is 2. The lowest BCUT2D eigenvalue weighted by molar-refractivity contribution is -0.133. The lowest BCUT2D eigenvalue weighted by Crippen LogP contribution is -2.43. The molecular weight excluding hydrogens is 350 g/mol. The van der Waals surface area contributed by atoms with Crippen molar-refractivity contribution in [2.24, 2.45) is 0 Å². The van der Waals surface area contributed by atoms with Crippen molar-refractivity contribution >= 4 is 28.4 Å². The summed E-state index contributed by atoms with van der Waals surface area (Å²) >= 11 is 0. The second-order valence-corrected chi connectivity index (χ2v) is 7.03. The average Bonchev–Trinajstić information content (AvgIpc) is 3.09. The van der Waals surface area contributed by atoms with Gasteiger partial charge in [0.15, 0.2) is 0 Å². The van der Waals surface area contributed by atoms with Crippen LogP contribution in [0.2, 0.25) is 0 Å². The minimum Gasteiger partial charge on any atom is -0.361 e. The van der Waals surface area contributed by atoms with E-state index in [2.05, 4.69) is 11.1 Å². The first-order valence-electron chi connectivity index (χ1n) is 9.67. The van der Waals surface area contributed by atoms with Gasteiger partial charge in [0.1, 0.15) is 6.54 Å². The number of anilines is 1. The summed E-state index contributed by atoms with van der Waals surface area (Å²) in [4.78, 5) is 31.7. The number of fused-ring (bicyclic) bond motifs is 1. The molecule has 0 aliphatic rings. The Kier molecular flexibility index (Phi) is 6.14. The van der Waals surface area contributed by atoms with Crippen LogP contribution < -0.4 is 4.90 Å². The molecule has 146 valence electrons. The molecule has 3 rings (SSSR count). The summed E-state index contributed by atoms with van der Waals surface area (Å²) in [5.74, 6) is -0.157. The first-order chi connectivity index (χ1) is 13.5. The molecule has 0 radical (unpaired) electrons. The molecule has 28 heavy (non-hydrogen) atoms. The number of aromatic nitrogens is 1. The Morgan fingerprint density at radius 1 is 1.07 bits per heavy atom. The third-order valence-electron chi connectivity index (χ3n) is 5.03. The quantitative estimate of drug-likeness (QED) is 0.678. The number of benzene rings is 2. The van der Waals surface area contributed by atoms with Gasteiger partial charge in [0, 0.05) is 42.8 Å². The molecule has 0 atom stereocenters. The molecule has 0 unspecified atom stereocenters. The van der Waals surface area contributed by atoms with Crippen molar-refractivity contribution < 1.29 is 9.59 Å². The van der Waals surface area contributed by atoms with E-state index in [4.69, 9.17) is 0 Å². The maximum atomic E-state index is 12.9. The third-order valence-corrected chi connectivity index (χ3v) is 5.03. The zero-order chi connectivity index (χ0) is 20.1. The van der Waals surface area contributed by atoms with Gasteiger partial charge in [0.2, 0.25) is 11.8 Å². The highest BCUT2D eigenvalue weighted by Gasteiger charge is 2.20. The second kappa shape index (κ2) is 8.74. The molecule has 1 heterocycles. The van der Waals surface area contributed by atoms with Crippen LogP contribution in [-0.4, -0.2) is 41.3 Å². The maximum Gasteiger partial charge on any atom is 0.246 e. The van der Waals surface area contributed by atoms with E-state index in [9.17, 15) is 9.59 Å². The summed E-state index contributed by atoms with van der Waals surface area (Å²) in [7, 11) is 0. The van der Waals surface area contributed by atoms with Crippen molar-refractivity contribution in [3.63, 3.8) is 0 Å². The van der Waals surface area contributed by atoms with E-state index >= 15 is 0 Å². The molecule has 5 nitrogen and oxygen atoms in total. The first-order valence-corrected chi connectivity index (χ1v) is 9.67. The molecule has 0 aliphatic heterocycles. The predicted octanol–water partition coefficient (Wildman–Crippen LogP) is 3.92. The Balaban J connectivity index is 1.70. The van der Waals surface area contributed by atoms with Gasteiger partial charge in [-0.05, 0) is 49.6 Å². The zero-order valence-electron chi connectivity index (χ0n) is 16.7. The molecular formula is C23H27N3O2. The van der Waals surface area contributed by atoms with Crippen molar-refractivity contribution in [2.45, 2.75) is 27.2 Å². The number of rotatable bonds is 7. The number of nitrogens with zero attached hydrogens (tertiary/aromatic N) is 2. The van der Waals surface area contributed by atoms with Crippen LogP contribution in [0, 0.1) is 6.92 Å². The van der Waals surface area contributed by atoms with Gasteiger partial charge in [0.25, 0.3) is 0 Å². The number of para-hydroxylation sites is 1. The topological polar surface area (TPSA) is 56.4 Å². The Hall–Kier alpha value is -3.08. The van der Waals surface area contributed by atoms with Gasteiger partial charge in [-0.1, -0.05) is 30.3 Å². The molecule has 2 amide bonds. The highest BCUT2D eigenvalue weighted by molar-refractivity contribution is 5.96. The molecule has 0 fully saturated rings. The number of nitrogens with one attached hydrogen (secondary N) is 1. The molecule has 1 N–H and O–H groups in total. The normalized spacial score (nSPS) is 10.8. The van der Waals surface area contributed by atoms with Gasteiger partial charge in [-0.15, -0.1) is 0 Å². The van der Waals surface area contributed by atoms with Gasteiger partial charge in [-0.3, -0.25) is 9.59 Å². The Bertz CT molecular complexity index is 977. The molecule has 0 bridgehead atoms. The van der Waals surface area contributed by atoms with E-state index in [1.807, 2.05) is 62.5 Å². The van der Waals surface area contributed by atoms with Crippen molar-refractivity contribution in [1.29, 1.82) is 0 Å². The minimum atomic E-state index is -0.0894. The standard InChI is InChI=1S/C23H27N3O2/c1-4-26(20-9-7-8-17(2)14-20)23(28)16-25(18(3)27)13-12-19-15-24-22-11-6-5-10-21(19)22/h5-11,14-15,24H,4,12-13,16H2,1-3H3. The van der Waals surface area contributed by atoms with Gasteiger partial charge < -0.3 is 14.8 Å². The van der Waals surface area contributed by atoms with E-state index < -0.39 is 0 Å². The summed E-state index contributed by atoms with van der Waals surface area (Å²) in [6, 6.07) is 16.0. The van der Waals surface area contributed by atoms with Crippen LogP contribution in [0.25, 0.3) is 10.9 Å². The van der Waals surface area contributed by atoms with Crippen LogP contribution in [0.3, 0.4) is 0 Å². The van der Waals surface area contributed by atoms with E-state index in [0.717, 1.165) is 27.7 Å². The van der Waals surface area contributed by atoms with E-state index in [0.29, 0.717) is 19.5 Å². The van der Waals surface area contributed by atoms with Crippen LogP contribution in [0.5, 0.6) is 0 Å². The molecule has 0 saturated carbocycles. The number of hydrogen-bond donors (Lipinski definition) is 1. The fraction of sp³-hybridized carbons (Fsp3) is 0.304. The van der Waals surface area contributed by atoms with Gasteiger partial charge in [-0.2, -0.15) is 0 Å². The average molecular weight is 377 g/mol. The number of H-pyrrole nitrogens is 1. The molecule has 0 aliphatic carbocycles. The summed E-state index contributed by atoms with van der Waals surface area (Å²) in [5.41, 5.74) is 4.21. The Morgan fingerprint density at radius 3 is 2.57 bits per heavy atom. The summed E-state index contributed by atoms with van der Waals surface area (Å²) < 4.78 is 0. The van der Waals surface area contributed by atoms with E-state index in [1.165, 1.54) is 6.92 Å². The second-order valence-electron chi connectivity index (χ2n) is 7.03. The molecule has 0 saturated heterocycles. The smallest absolute Gasteiger partial charge is 0.246 e. The molecule has 1 aromatic heterocycles. The maximum absolute atomic E-state index is 12.9. The fourth-order valence-electron chi connectivity index (χ4n) is 3.49. The number of likely N-dealkylation sites (N-methyl/N-ethyl adjacent to an activating group) is 1. The number of aryl methyl sites for hydroxylation is 1. The van der Waals surface area contributed by atoms with Crippen molar-refractivity contribution in [1.82, 2.24) is 9.88 Å². The van der Waals surface area contributed by atoms with Crippen molar-refractivity contribution in [3.8, 4) is 0 Å². The highest BCUT2D eigenvalue weighted by Crippen LogP contribution is 2.19. The summed E-state index contributed by atoms with van der Waals surface area (Å²) in [6.07, 6.45) is 2.68. The van der Waals surface area contributed by atoms with Gasteiger partial charge in [0.05, 0.1) is 0 Å². The van der Waals surface area contributed by atoms with Crippen LogP contribution in [0.15, 0.2) is 54.7 Å². The first kappa shape index (κ1) is 19.7. The van der Waals surface area contributed by atoms with Crippen LogP contribution in [0.1, 0.15) is 25.0 Å². The van der Waals surface area contributed by atoms with Crippen LogP contribution in [-0.2, 0) is 16.0 Å².